The lowest BCUT2D eigenvalue weighted by atomic mass is 9.98. The van der Waals surface area contributed by atoms with E-state index in [-0.39, 0.29) is 44.6 Å². The van der Waals surface area contributed by atoms with Crippen molar-refractivity contribution < 1.29 is 42.9 Å². The average Bonchev–Trinajstić information content (AvgIpc) is 3.26. The number of amides is 1. The third-order valence-corrected chi connectivity index (χ3v) is 6.06. The topological polar surface area (TPSA) is 139 Å². The molecule has 228 valence electrons. The van der Waals surface area contributed by atoms with Gasteiger partial charge in [0, 0.05) is 36.3 Å². The highest BCUT2D eigenvalue weighted by Gasteiger charge is 2.25. The Morgan fingerprint density at radius 2 is 1.45 bits per heavy atom. The third-order valence-electron chi connectivity index (χ3n) is 6.06. The fourth-order valence-electron chi connectivity index (χ4n) is 4.30. The van der Waals surface area contributed by atoms with Gasteiger partial charge in [-0.25, -0.2) is 0 Å². The Labute approximate surface area is 245 Å². The molecule has 1 atom stereocenters. The molecule has 3 aromatic rings. The van der Waals surface area contributed by atoms with E-state index in [1.165, 1.54) is 0 Å². The number of nitrogens with zero attached hydrogens (tertiary/aromatic N) is 1. The van der Waals surface area contributed by atoms with E-state index in [0.717, 1.165) is 21.8 Å². The molecule has 0 unspecified atom stereocenters. The van der Waals surface area contributed by atoms with Crippen LogP contribution < -0.4 is 5.32 Å². The molecule has 0 aliphatic carbocycles. The summed E-state index contributed by atoms with van der Waals surface area (Å²) in [5.74, 6) is -2.01. The first-order valence-corrected chi connectivity index (χ1v) is 13.9. The summed E-state index contributed by atoms with van der Waals surface area (Å²) in [5.41, 5.74) is 1.28. The number of rotatable bonds is 15. The molecule has 1 aromatic heterocycles. The summed E-state index contributed by atoms with van der Waals surface area (Å²) in [4.78, 5) is 54.4. The lowest BCUT2D eigenvalue weighted by Crippen LogP contribution is -2.35. The van der Waals surface area contributed by atoms with E-state index in [9.17, 15) is 14.4 Å². The van der Waals surface area contributed by atoms with Crippen LogP contribution in [0.25, 0.3) is 21.8 Å². The third kappa shape index (κ3) is 11.4. The lowest BCUT2D eigenvalue weighted by molar-refractivity contribution is -0.191. The monoisotopic (exact) mass is 584 g/mol. The molecule has 2 aromatic carbocycles. The molecule has 0 bridgehead atoms. The van der Waals surface area contributed by atoms with Crippen LogP contribution in [0.4, 0.5) is 0 Å². The molecule has 0 spiro atoms. The number of para-hydroxylation sites is 2. The van der Waals surface area contributed by atoms with Gasteiger partial charge in [-0.2, -0.15) is 9.59 Å². The molecule has 1 heterocycles. The van der Waals surface area contributed by atoms with Crippen molar-refractivity contribution in [3.8, 4) is 0 Å². The zero-order valence-electron chi connectivity index (χ0n) is 24.7. The summed E-state index contributed by atoms with van der Waals surface area (Å²) < 4.78 is 23.6. The molecule has 11 heteroatoms. The molecule has 11 nitrogen and oxygen atoms in total. The number of hydrogen-bond acceptors (Lipinski definition) is 9. The van der Waals surface area contributed by atoms with Crippen LogP contribution in [0.5, 0.6) is 0 Å². The van der Waals surface area contributed by atoms with E-state index in [4.69, 9.17) is 28.5 Å². The maximum Gasteiger partial charge on any atom is 0.373 e. The van der Waals surface area contributed by atoms with Crippen LogP contribution in [0.15, 0.2) is 48.5 Å². The second-order valence-corrected chi connectivity index (χ2v) is 10.3. The maximum atomic E-state index is 12.9. The fourth-order valence-corrected chi connectivity index (χ4v) is 4.30. The van der Waals surface area contributed by atoms with E-state index in [2.05, 4.69) is 5.32 Å². The molecular weight excluding hydrogens is 544 g/mol. The molecular formula is C31H40N2O9. The molecule has 1 N–H and O–H groups in total. The van der Waals surface area contributed by atoms with E-state index >= 15 is 0 Å². The molecule has 0 saturated heterocycles. The number of carbonyl (C=O) groups excluding carboxylic acids is 5. The van der Waals surface area contributed by atoms with Crippen molar-refractivity contribution in [1.82, 2.24) is 9.88 Å². The lowest BCUT2D eigenvalue weighted by Gasteiger charge is -2.21. The minimum absolute atomic E-state index is 0.0143. The van der Waals surface area contributed by atoms with Crippen LogP contribution in [0.1, 0.15) is 47.0 Å². The van der Waals surface area contributed by atoms with Crippen molar-refractivity contribution in [2.45, 2.75) is 59.3 Å². The Bertz CT molecular complexity index is 1280. The van der Waals surface area contributed by atoms with E-state index in [0.29, 0.717) is 26.4 Å². The Balaban J connectivity index is 0.00000197. The van der Waals surface area contributed by atoms with Crippen molar-refractivity contribution in [1.29, 1.82) is 0 Å². The van der Waals surface area contributed by atoms with Gasteiger partial charge in [0.1, 0.15) is 5.60 Å². The van der Waals surface area contributed by atoms with Crippen molar-refractivity contribution in [2.75, 3.05) is 33.0 Å². The van der Waals surface area contributed by atoms with Crippen molar-refractivity contribution in [2.24, 2.45) is 5.92 Å². The molecule has 0 radical (unpaired) electrons. The number of aromatic nitrogens is 1. The first-order valence-electron chi connectivity index (χ1n) is 13.9. The fraction of sp³-hybridized carbons (Fsp3) is 0.484. The first kappa shape index (κ1) is 34.2. The zero-order chi connectivity index (χ0) is 31.0. The Morgan fingerprint density at radius 1 is 0.881 bits per heavy atom. The molecule has 1 amide bonds. The van der Waals surface area contributed by atoms with Gasteiger partial charge >= 0.3 is 18.1 Å². The molecule has 3 rings (SSSR count). The molecule has 42 heavy (non-hydrogen) atoms. The predicted octanol–water partition coefficient (Wildman–Crippen LogP) is 4.01. The number of fused-ring (bicyclic) bond motifs is 3. The number of benzene rings is 2. The first-order chi connectivity index (χ1) is 20.1. The minimum Gasteiger partial charge on any atom is -0.460 e. The summed E-state index contributed by atoms with van der Waals surface area (Å²) in [7, 11) is 0. The average molecular weight is 585 g/mol. The van der Waals surface area contributed by atoms with Crippen LogP contribution in [-0.4, -0.2) is 67.1 Å². The summed E-state index contributed by atoms with van der Waals surface area (Å²) in [5, 5.41) is 4.94. The smallest absolute Gasteiger partial charge is 0.373 e. The van der Waals surface area contributed by atoms with Crippen LogP contribution in [0.3, 0.4) is 0 Å². The second kappa shape index (κ2) is 17.7. The van der Waals surface area contributed by atoms with Crippen LogP contribution in [0.2, 0.25) is 0 Å². The second-order valence-electron chi connectivity index (χ2n) is 10.3. The normalized spacial score (nSPS) is 11.7. The zero-order valence-corrected chi connectivity index (χ0v) is 24.7. The predicted molar refractivity (Wildman–Crippen MR) is 154 cm³/mol. The Morgan fingerprint density at radius 3 is 2.02 bits per heavy atom. The maximum absolute atomic E-state index is 12.9. The number of ether oxygens (including phenoxy) is 4. The number of hydrogen-bond donors (Lipinski definition) is 1. The van der Waals surface area contributed by atoms with Gasteiger partial charge in [-0.3, -0.25) is 14.4 Å². The van der Waals surface area contributed by atoms with Gasteiger partial charge in [0.2, 0.25) is 5.91 Å². The van der Waals surface area contributed by atoms with Crippen molar-refractivity contribution >= 4 is 45.8 Å². The largest absolute Gasteiger partial charge is 0.460 e. The Hall–Kier alpha value is -4.05. The van der Waals surface area contributed by atoms with Crippen LogP contribution in [0, 0.1) is 5.92 Å². The van der Waals surface area contributed by atoms with Gasteiger partial charge in [-0.1, -0.05) is 36.4 Å². The SMILES string of the molecule is CCOCCOCCNC(=O)[C@H](CCC(=O)OC(C)(C)C)CC(=O)OCn1c2ccccc2c2ccccc21.O=C=O. The van der Waals surface area contributed by atoms with Crippen molar-refractivity contribution in [3.05, 3.63) is 48.5 Å². The highest BCUT2D eigenvalue weighted by molar-refractivity contribution is 6.07. The standard InChI is InChI=1S/C30H40N2O7.CO2/c1-5-36-18-19-37-17-16-31-29(35)22(14-15-27(33)39-30(2,3)4)20-28(34)38-21-32-25-12-8-6-10-23(25)24-11-7-9-13-26(24)32;2-1-3/h6-13,22H,5,14-21H2,1-4H3,(H,31,35);/t22-;/m1./s1. The van der Waals surface area contributed by atoms with Gasteiger partial charge < -0.3 is 28.8 Å². The van der Waals surface area contributed by atoms with Gasteiger partial charge in [0.25, 0.3) is 0 Å². The summed E-state index contributed by atoms with van der Waals surface area (Å²) in [6.45, 7) is 9.41. The quantitative estimate of drug-likeness (QED) is 0.207. The van der Waals surface area contributed by atoms with Gasteiger partial charge in [-0.05, 0) is 46.2 Å². The highest BCUT2D eigenvalue weighted by atomic mass is 16.6. The molecule has 0 saturated carbocycles. The highest BCUT2D eigenvalue weighted by Crippen LogP contribution is 2.28. The molecule has 0 fully saturated rings. The van der Waals surface area contributed by atoms with Crippen LogP contribution in [-0.2, 0) is 49.7 Å². The van der Waals surface area contributed by atoms with Gasteiger partial charge in [0.05, 0.1) is 37.3 Å². The summed E-state index contributed by atoms with van der Waals surface area (Å²) in [6.07, 6.45) is 0.272. The van der Waals surface area contributed by atoms with E-state index < -0.39 is 23.5 Å². The van der Waals surface area contributed by atoms with Gasteiger partial charge in [-0.15, -0.1) is 0 Å². The number of esters is 2. The Kier molecular flexibility index (Phi) is 14.4. The van der Waals surface area contributed by atoms with E-state index in [1.54, 1.807) is 20.8 Å². The molecule has 0 aliphatic heterocycles. The van der Waals surface area contributed by atoms with Crippen LogP contribution >= 0.6 is 0 Å². The van der Waals surface area contributed by atoms with E-state index in [1.807, 2.05) is 60.0 Å². The summed E-state index contributed by atoms with van der Waals surface area (Å²) in [6, 6.07) is 15.9. The minimum atomic E-state index is -0.744. The van der Waals surface area contributed by atoms with Gasteiger partial charge in [0.15, 0.2) is 6.73 Å². The van der Waals surface area contributed by atoms with Crippen molar-refractivity contribution in [3.63, 3.8) is 0 Å². The number of carbonyl (C=O) groups is 3. The number of nitrogens with one attached hydrogen (secondary N) is 1. The molecule has 0 aliphatic rings. The summed E-state index contributed by atoms with van der Waals surface area (Å²) >= 11 is 0.